The Kier molecular flexibility index (Phi) is 3.15. The largest absolute Gasteiger partial charge is 0.451 e. The van der Waals surface area contributed by atoms with Crippen LogP contribution in [-0.4, -0.2) is 12.5 Å². The van der Waals surface area contributed by atoms with Crippen molar-refractivity contribution in [3.05, 3.63) is 72.0 Å². The Morgan fingerprint density at radius 3 is 2.78 bits per heavy atom. The van der Waals surface area contributed by atoms with E-state index in [0.717, 1.165) is 17.7 Å². The lowest BCUT2D eigenvalue weighted by Crippen LogP contribution is -2.28. The van der Waals surface area contributed by atoms with Crippen LogP contribution in [0.3, 0.4) is 0 Å². The van der Waals surface area contributed by atoms with E-state index in [1.54, 1.807) is 11.0 Å². The van der Waals surface area contributed by atoms with Crippen LogP contribution < -0.4 is 10.6 Å². The Labute approximate surface area is 134 Å². The number of nitrogens with two attached hydrogens (primary N) is 1. The number of amides is 1. The number of anilines is 2. The molecule has 0 spiro atoms. The lowest BCUT2D eigenvalue weighted by molar-refractivity contribution is 0.0963. The highest BCUT2D eigenvalue weighted by Gasteiger charge is 2.27. The first kappa shape index (κ1) is 13.6. The smallest absolute Gasteiger partial charge is 0.294 e. The van der Waals surface area contributed by atoms with Crippen molar-refractivity contribution < 1.29 is 9.21 Å². The summed E-state index contributed by atoms with van der Waals surface area (Å²) >= 11 is 0. The van der Waals surface area contributed by atoms with Crippen molar-refractivity contribution in [2.24, 2.45) is 0 Å². The van der Waals surface area contributed by atoms with E-state index in [1.807, 2.05) is 48.5 Å². The summed E-state index contributed by atoms with van der Waals surface area (Å²) in [7, 11) is 0. The molecule has 1 amide bonds. The molecule has 1 aliphatic heterocycles. The first-order valence-corrected chi connectivity index (χ1v) is 7.58. The number of carbonyl (C=O) groups excluding carboxylic acids is 1. The molecule has 2 aromatic carbocycles. The van der Waals surface area contributed by atoms with Gasteiger partial charge in [-0.15, -0.1) is 0 Å². The summed E-state index contributed by atoms with van der Waals surface area (Å²) in [6.07, 6.45) is 0.880. The fourth-order valence-corrected chi connectivity index (χ4v) is 2.98. The molecule has 0 saturated carbocycles. The number of hydrogen-bond acceptors (Lipinski definition) is 3. The van der Waals surface area contributed by atoms with Crippen LogP contribution in [0.4, 0.5) is 11.4 Å². The third kappa shape index (κ3) is 2.38. The highest BCUT2D eigenvalue weighted by molar-refractivity contribution is 6.05. The lowest BCUT2D eigenvalue weighted by atomic mass is 10.1. The van der Waals surface area contributed by atoms with Crippen LogP contribution in [0, 0.1) is 0 Å². The molecular formula is C19H16N2O2. The minimum absolute atomic E-state index is 0.106. The van der Waals surface area contributed by atoms with Crippen LogP contribution in [0.1, 0.15) is 16.1 Å². The molecule has 0 atom stereocenters. The second-order valence-electron chi connectivity index (χ2n) is 5.62. The first-order chi connectivity index (χ1) is 11.2. The Balaban J connectivity index is 1.64. The van der Waals surface area contributed by atoms with Gasteiger partial charge in [0.2, 0.25) is 0 Å². The van der Waals surface area contributed by atoms with Crippen LogP contribution in [0.5, 0.6) is 0 Å². The maximum absolute atomic E-state index is 12.7. The normalized spacial score (nSPS) is 13.1. The molecular weight excluding hydrogens is 288 g/mol. The number of benzene rings is 2. The molecule has 1 aromatic heterocycles. The molecule has 0 aliphatic carbocycles. The number of furan rings is 1. The zero-order chi connectivity index (χ0) is 15.8. The van der Waals surface area contributed by atoms with E-state index in [2.05, 4.69) is 6.07 Å². The maximum Gasteiger partial charge on any atom is 0.294 e. The van der Waals surface area contributed by atoms with Crippen molar-refractivity contribution >= 4 is 17.3 Å². The summed E-state index contributed by atoms with van der Waals surface area (Å²) in [5.41, 5.74) is 9.50. The van der Waals surface area contributed by atoms with Gasteiger partial charge >= 0.3 is 0 Å². The Morgan fingerprint density at radius 2 is 1.91 bits per heavy atom. The molecule has 1 aliphatic rings. The molecule has 0 saturated heterocycles. The highest BCUT2D eigenvalue weighted by Crippen LogP contribution is 2.30. The molecule has 114 valence electrons. The van der Waals surface area contributed by atoms with E-state index < -0.39 is 0 Å². The predicted octanol–water partition coefficient (Wildman–Crippen LogP) is 3.73. The fraction of sp³-hybridized carbons (Fsp3) is 0.105. The van der Waals surface area contributed by atoms with Gasteiger partial charge in [-0.2, -0.15) is 0 Å². The topological polar surface area (TPSA) is 59.5 Å². The minimum Gasteiger partial charge on any atom is -0.451 e. The van der Waals surface area contributed by atoms with Gasteiger partial charge in [0.1, 0.15) is 5.76 Å². The van der Waals surface area contributed by atoms with E-state index in [9.17, 15) is 4.79 Å². The minimum atomic E-state index is -0.106. The summed E-state index contributed by atoms with van der Waals surface area (Å²) in [5, 5.41) is 0. The third-order valence-corrected chi connectivity index (χ3v) is 4.12. The average Bonchev–Trinajstić information content (AvgIpc) is 3.22. The quantitative estimate of drug-likeness (QED) is 0.734. The fourth-order valence-electron chi connectivity index (χ4n) is 2.98. The average molecular weight is 304 g/mol. The molecule has 3 aromatic rings. The van der Waals surface area contributed by atoms with Crippen LogP contribution >= 0.6 is 0 Å². The van der Waals surface area contributed by atoms with Crippen LogP contribution in [0.15, 0.2) is 65.1 Å². The molecule has 0 fully saturated rings. The monoisotopic (exact) mass is 304 g/mol. The second-order valence-corrected chi connectivity index (χ2v) is 5.62. The van der Waals surface area contributed by atoms with Gasteiger partial charge in [-0.3, -0.25) is 4.79 Å². The third-order valence-electron chi connectivity index (χ3n) is 4.12. The summed E-state index contributed by atoms with van der Waals surface area (Å²) in [6.45, 7) is 0.687. The standard InChI is InChI=1S/C19H16N2O2/c20-15-6-3-5-14(12-15)17-8-9-18(23-17)19(22)21-11-10-13-4-1-2-7-16(13)21/h1-9,12H,10-11,20H2. The SMILES string of the molecule is Nc1cccc(-c2ccc(C(=O)N3CCc4ccccc43)o2)c1. The van der Waals surface area contributed by atoms with E-state index in [-0.39, 0.29) is 5.91 Å². The Morgan fingerprint density at radius 1 is 1.04 bits per heavy atom. The summed E-state index contributed by atoms with van der Waals surface area (Å²) < 4.78 is 5.77. The molecule has 0 bridgehead atoms. The van der Waals surface area contributed by atoms with E-state index in [0.29, 0.717) is 23.8 Å². The number of hydrogen-bond donors (Lipinski definition) is 1. The van der Waals surface area contributed by atoms with Gasteiger partial charge in [-0.25, -0.2) is 0 Å². The van der Waals surface area contributed by atoms with Gasteiger partial charge in [-0.05, 0) is 42.3 Å². The maximum atomic E-state index is 12.7. The van der Waals surface area contributed by atoms with Crippen LogP contribution in [0.25, 0.3) is 11.3 Å². The Hall–Kier alpha value is -3.01. The van der Waals surface area contributed by atoms with Crippen molar-refractivity contribution in [3.8, 4) is 11.3 Å². The van der Waals surface area contributed by atoms with Gasteiger partial charge < -0.3 is 15.1 Å². The predicted molar refractivity (Wildman–Crippen MR) is 90.4 cm³/mol. The number of nitrogen functional groups attached to an aromatic ring is 1. The molecule has 0 radical (unpaired) electrons. The van der Waals surface area contributed by atoms with Gasteiger partial charge in [0, 0.05) is 23.5 Å². The zero-order valence-electron chi connectivity index (χ0n) is 12.5. The number of carbonyl (C=O) groups is 1. The summed E-state index contributed by atoms with van der Waals surface area (Å²) in [5.74, 6) is 0.886. The number of para-hydroxylation sites is 1. The number of rotatable bonds is 2. The van der Waals surface area contributed by atoms with E-state index >= 15 is 0 Å². The molecule has 4 heteroatoms. The molecule has 4 rings (SSSR count). The van der Waals surface area contributed by atoms with Crippen molar-refractivity contribution in [1.82, 2.24) is 0 Å². The lowest BCUT2D eigenvalue weighted by Gasteiger charge is -2.15. The van der Waals surface area contributed by atoms with Crippen molar-refractivity contribution in [2.45, 2.75) is 6.42 Å². The summed E-state index contributed by atoms with van der Waals surface area (Å²) in [4.78, 5) is 14.5. The molecule has 0 unspecified atom stereocenters. The van der Waals surface area contributed by atoms with Gasteiger partial charge in [0.05, 0.1) is 0 Å². The highest BCUT2D eigenvalue weighted by atomic mass is 16.4. The molecule has 23 heavy (non-hydrogen) atoms. The second kappa shape index (κ2) is 5.32. The molecule has 2 heterocycles. The van der Waals surface area contributed by atoms with E-state index in [4.69, 9.17) is 10.2 Å². The molecule has 4 nitrogen and oxygen atoms in total. The first-order valence-electron chi connectivity index (χ1n) is 7.58. The van der Waals surface area contributed by atoms with E-state index in [1.165, 1.54) is 5.56 Å². The van der Waals surface area contributed by atoms with Crippen LogP contribution in [-0.2, 0) is 6.42 Å². The van der Waals surface area contributed by atoms with Crippen molar-refractivity contribution in [1.29, 1.82) is 0 Å². The Bertz CT molecular complexity index is 882. The van der Waals surface area contributed by atoms with Gasteiger partial charge in [0.15, 0.2) is 5.76 Å². The van der Waals surface area contributed by atoms with Crippen LogP contribution in [0.2, 0.25) is 0 Å². The molecule has 2 N–H and O–H groups in total. The number of fused-ring (bicyclic) bond motifs is 1. The van der Waals surface area contributed by atoms with Crippen molar-refractivity contribution in [2.75, 3.05) is 17.2 Å². The number of nitrogens with zero attached hydrogens (tertiary/aromatic N) is 1. The van der Waals surface area contributed by atoms with Crippen molar-refractivity contribution in [3.63, 3.8) is 0 Å². The zero-order valence-corrected chi connectivity index (χ0v) is 12.5. The summed E-state index contributed by atoms with van der Waals surface area (Å²) in [6, 6.07) is 18.9. The van der Waals surface area contributed by atoms with Gasteiger partial charge in [0.25, 0.3) is 5.91 Å². The van der Waals surface area contributed by atoms with Gasteiger partial charge in [-0.1, -0.05) is 30.3 Å².